The van der Waals surface area contributed by atoms with E-state index in [-0.39, 0.29) is 5.82 Å². The molecule has 0 aliphatic rings. The number of nitrogens with zero attached hydrogens (tertiary/aromatic N) is 1. The fourth-order valence-electron chi connectivity index (χ4n) is 1.72. The standard InChI is InChI=1S/C14H19FN2OS/c1-10(2)18-8-4-3-7-16-14-17-12-6-5-11(15)9-13(12)19-14/h5-6,9-10H,3-4,7-8H2,1-2H3,(H,16,17). The highest BCUT2D eigenvalue weighted by Gasteiger charge is 2.04. The van der Waals surface area contributed by atoms with Gasteiger partial charge in [0.15, 0.2) is 5.13 Å². The van der Waals surface area contributed by atoms with Gasteiger partial charge in [0.2, 0.25) is 0 Å². The van der Waals surface area contributed by atoms with Gasteiger partial charge in [0, 0.05) is 13.2 Å². The van der Waals surface area contributed by atoms with E-state index in [0.717, 1.165) is 41.3 Å². The van der Waals surface area contributed by atoms with Gasteiger partial charge >= 0.3 is 0 Å². The molecule has 1 aromatic carbocycles. The van der Waals surface area contributed by atoms with Crippen molar-refractivity contribution >= 4 is 26.7 Å². The van der Waals surface area contributed by atoms with Crippen LogP contribution in [0.4, 0.5) is 9.52 Å². The number of fused-ring (bicyclic) bond motifs is 1. The maximum atomic E-state index is 13.0. The summed E-state index contributed by atoms with van der Waals surface area (Å²) in [5.41, 5.74) is 0.844. The Kier molecular flexibility index (Phi) is 5.10. The first kappa shape index (κ1) is 14.2. The molecule has 2 aromatic rings. The summed E-state index contributed by atoms with van der Waals surface area (Å²) >= 11 is 1.49. The molecule has 19 heavy (non-hydrogen) atoms. The van der Waals surface area contributed by atoms with Gasteiger partial charge in [-0.25, -0.2) is 9.37 Å². The van der Waals surface area contributed by atoms with Crippen LogP contribution in [0.5, 0.6) is 0 Å². The zero-order chi connectivity index (χ0) is 13.7. The van der Waals surface area contributed by atoms with Crippen LogP contribution >= 0.6 is 11.3 Å². The van der Waals surface area contributed by atoms with Gasteiger partial charge in [-0.05, 0) is 44.9 Å². The van der Waals surface area contributed by atoms with Gasteiger partial charge < -0.3 is 10.1 Å². The largest absolute Gasteiger partial charge is 0.379 e. The molecule has 0 aliphatic heterocycles. The van der Waals surface area contributed by atoms with Crippen LogP contribution in [0.1, 0.15) is 26.7 Å². The van der Waals surface area contributed by atoms with Gasteiger partial charge in [0.05, 0.1) is 16.3 Å². The van der Waals surface area contributed by atoms with E-state index in [0.29, 0.717) is 6.10 Å². The lowest BCUT2D eigenvalue weighted by atomic mass is 10.3. The molecule has 0 atom stereocenters. The Bertz CT molecular complexity index is 527. The highest BCUT2D eigenvalue weighted by molar-refractivity contribution is 7.22. The number of unbranched alkanes of at least 4 members (excludes halogenated alkanes) is 1. The number of thiazole rings is 1. The van der Waals surface area contributed by atoms with E-state index in [1.54, 1.807) is 6.07 Å². The lowest BCUT2D eigenvalue weighted by Crippen LogP contribution is -2.06. The lowest BCUT2D eigenvalue weighted by molar-refractivity contribution is 0.0765. The molecule has 0 unspecified atom stereocenters. The molecule has 104 valence electrons. The highest BCUT2D eigenvalue weighted by Crippen LogP contribution is 2.26. The minimum absolute atomic E-state index is 0.214. The predicted molar refractivity (Wildman–Crippen MR) is 78.4 cm³/mol. The van der Waals surface area contributed by atoms with E-state index < -0.39 is 0 Å². The van der Waals surface area contributed by atoms with E-state index >= 15 is 0 Å². The Labute approximate surface area is 116 Å². The van der Waals surface area contributed by atoms with Crippen molar-refractivity contribution in [2.45, 2.75) is 32.8 Å². The van der Waals surface area contributed by atoms with Crippen molar-refractivity contribution in [3.8, 4) is 0 Å². The molecule has 0 amide bonds. The van der Waals surface area contributed by atoms with Crippen LogP contribution in [-0.2, 0) is 4.74 Å². The number of nitrogens with one attached hydrogen (secondary N) is 1. The second-order valence-corrected chi connectivity index (χ2v) is 5.72. The molecule has 0 bridgehead atoms. The quantitative estimate of drug-likeness (QED) is 0.778. The molecular weight excluding hydrogens is 263 g/mol. The first-order chi connectivity index (χ1) is 9.15. The SMILES string of the molecule is CC(C)OCCCCNc1nc2ccc(F)cc2s1. The number of aromatic nitrogens is 1. The van der Waals surface area contributed by atoms with Crippen LogP contribution in [0.15, 0.2) is 18.2 Å². The second-order valence-electron chi connectivity index (χ2n) is 4.68. The minimum atomic E-state index is -0.214. The van der Waals surface area contributed by atoms with Crippen LogP contribution in [0, 0.1) is 5.82 Å². The predicted octanol–water partition coefficient (Wildman–Crippen LogP) is 4.05. The Morgan fingerprint density at radius 2 is 2.21 bits per heavy atom. The van der Waals surface area contributed by atoms with Crippen molar-refractivity contribution in [1.29, 1.82) is 0 Å². The van der Waals surface area contributed by atoms with E-state index in [2.05, 4.69) is 10.3 Å². The molecule has 0 radical (unpaired) electrons. The molecule has 1 aromatic heterocycles. The Morgan fingerprint density at radius 1 is 1.37 bits per heavy atom. The summed E-state index contributed by atoms with van der Waals surface area (Å²) in [5.74, 6) is -0.214. The highest BCUT2D eigenvalue weighted by atomic mass is 32.1. The van der Waals surface area contributed by atoms with Crippen molar-refractivity contribution in [2.75, 3.05) is 18.5 Å². The molecule has 0 saturated heterocycles. The van der Waals surface area contributed by atoms with Crippen LogP contribution < -0.4 is 5.32 Å². The van der Waals surface area contributed by atoms with Crippen molar-refractivity contribution in [2.24, 2.45) is 0 Å². The van der Waals surface area contributed by atoms with Crippen molar-refractivity contribution in [3.05, 3.63) is 24.0 Å². The fraction of sp³-hybridized carbons (Fsp3) is 0.500. The van der Waals surface area contributed by atoms with E-state index in [9.17, 15) is 4.39 Å². The third-order valence-electron chi connectivity index (χ3n) is 2.65. The number of anilines is 1. The Morgan fingerprint density at radius 3 is 3.00 bits per heavy atom. The van der Waals surface area contributed by atoms with Crippen LogP contribution in [-0.4, -0.2) is 24.2 Å². The summed E-state index contributed by atoms with van der Waals surface area (Å²) in [6, 6.07) is 4.67. The molecule has 3 nitrogen and oxygen atoms in total. The van der Waals surface area contributed by atoms with Gasteiger partial charge in [-0.3, -0.25) is 0 Å². The first-order valence-corrected chi connectivity index (χ1v) is 7.38. The second kappa shape index (κ2) is 6.82. The molecule has 0 spiro atoms. The minimum Gasteiger partial charge on any atom is -0.379 e. The molecular formula is C14H19FN2OS. The smallest absolute Gasteiger partial charge is 0.183 e. The van der Waals surface area contributed by atoms with Gasteiger partial charge in [-0.2, -0.15) is 0 Å². The summed E-state index contributed by atoms with van der Waals surface area (Å²) < 4.78 is 19.4. The van der Waals surface area contributed by atoms with Crippen LogP contribution in [0.2, 0.25) is 0 Å². The van der Waals surface area contributed by atoms with Gasteiger partial charge in [-0.1, -0.05) is 11.3 Å². The molecule has 0 aliphatic carbocycles. The summed E-state index contributed by atoms with van der Waals surface area (Å²) in [6.45, 7) is 5.74. The normalized spacial score (nSPS) is 11.4. The number of benzene rings is 1. The third kappa shape index (κ3) is 4.44. The molecule has 1 heterocycles. The number of ether oxygens (including phenoxy) is 1. The number of halogens is 1. The maximum absolute atomic E-state index is 13.0. The van der Waals surface area contributed by atoms with Crippen LogP contribution in [0.3, 0.4) is 0 Å². The molecule has 0 fully saturated rings. The van der Waals surface area contributed by atoms with Gasteiger partial charge in [-0.15, -0.1) is 0 Å². The zero-order valence-electron chi connectivity index (χ0n) is 11.3. The fourth-order valence-corrected chi connectivity index (χ4v) is 2.63. The number of rotatable bonds is 7. The first-order valence-electron chi connectivity index (χ1n) is 6.57. The monoisotopic (exact) mass is 282 g/mol. The maximum Gasteiger partial charge on any atom is 0.183 e. The van der Waals surface area contributed by atoms with Crippen molar-refractivity contribution < 1.29 is 9.13 Å². The third-order valence-corrected chi connectivity index (χ3v) is 3.62. The van der Waals surface area contributed by atoms with Gasteiger partial charge in [0.1, 0.15) is 5.82 Å². The average Bonchev–Trinajstić information content (AvgIpc) is 2.75. The van der Waals surface area contributed by atoms with E-state index in [4.69, 9.17) is 4.74 Å². The Hall–Kier alpha value is -1.20. The van der Waals surface area contributed by atoms with Gasteiger partial charge in [0.25, 0.3) is 0 Å². The lowest BCUT2D eigenvalue weighted by Gasteiger charge is -2.07. The molecule has 1 N–H and O–H groups in total. The molecule has 0 saturated carbocycles. The average molecular weight is 282 g/mol. The summed E-state index contributed by atoms with van der Waals surface area (Å²) in [7, 11) is 0. The van der Waals surface area contributed by atoms with Crippen molar-refractivity contribution in [3.63, 3.8) is 0 Å². The molecule has 5 heteroatoms. The summed E-state index contributed by atoms with van der Waals surface area (Å²) in [4.78, 5) is 4.41. The zero-order valence-corrected chi connectivity index (χ0v) is 12.1. The number of hydrogen-bond donors (Lipinski definition) is 1. The summed E-state index contributed by atoms with van der Waals surface area (Å²) in [5, 5.41) is 4.12. The van der Waals surface area contributed by atoms with Crippen LogP contribution in [0.25, 0.3) is 10.2 Å². The summed E-state index contributed by atoms with van der Waals surface area (Å²) in [6.07, 6.45) is 2.37. The number of hydrogen-bond acceptors (Lipinski definition) is 4. The van der Waals surface area contributed by atoms with E-state index in [1.165, 1.54) is 23.5 Å². The van der Waals surface area contributed by atoms with Crippen molar-refractivity contribution in [1.82, 2.24) is 4.98 Å². The molecule has 2 rings (SSSR count). The van der Waals surface area contributed by atoms with E-state index in [1.807, 2.05) is 13.8 Å². The Balaban J connectivity index is 1.75. The topological polar surface area (TPSA) is 34.1 Å².